The number of benzene rings is 2. The zero-order valence-corrected chi connectivity index (χ0v) is 12.4. The number of rotatable bonds is 2. The first-order chi connectivity index (χ1) is 10.1. The third kappa shape index (κ3) is 2.67. The summed E-state index contributed by atoms with van der Waals surface area (Å²) in [5.74, 6) is -0.212. The number of carbonyl (C=O) groups is 1. The van der Waals surface area contributed by atoms with Gasteiger partial charge in [0.25, 0.3) is 5.91 Å². The van der Waals surface area contributed by atoms with E-state index >= 15 is 0 Å². The Balaban J connectivity index is 1.87. The molecule has 2 aromatic rings. The Kier molecular flexibility index (Phi) is 3.70. The lowest BCUT2D eigenvalue weighted by Gasteiger charge is -2.18. The van der Waals surface area contributed by atoms with Crippen molar-refractivity contribution in [2.45, 2.75) is 25.5 Å². The summed E-state index contributed by atoms with van der Waals surface area (Å²) in [6.45, 7) is 1.87. The van der Waals surface area contributed by atoms with Gasteiger partial charge >= 0.3 is 0 Å². The van der Waals surface area contributed by atoms with Crippen LogP contribution in [0.1, 0.15) is 33.1 Å². The van der Waals surface area contributed by atoms with Gasteiger partial charge in [0, 0.05) is 17.0 Å². The zero-order chi connectivity index (χ0) is 15.0. The molecule has 0 aliphatic heterocycles. The predicted molar refractivity (Wildman–Crippen MR) is 82.5 cm³/mol. The minimum atomic E-state index is -0.592. The number of carbonyl (C=O) groups excluding carboxylic acids is 1. The maximum atomic E-state index is 12.4. The van der Waals surface area contributed by atoms with Gasteiger partial charge in [-0.15, -0.1) is 0 Å². The lowest BCUT2D eigenvalue weighted by Crippen LogP contribution is -2.34. The van der Waals surface area contributed by atoms with Crippen LogP contribution in [0.2, 0.25) is 5.02 Å². The van der Waals surface area contributed by atoms with E-state index in [0.29, 0.717) is 17.0 Å². The Labute approximate surface area is 128 Å². The molecule has 2 N–H and O–H groups in total. The van der Waals surface area contributed by atoms with Crippen LogP contribution in [0.15, 0.2) is 42.5 Å². The van der Waals surface area contributed by atoms with Crippen LogP contribution in [0.4, 0.5) is 0 Å². The molecule has 1 aliphatic rings. The summed E-state index contributed by atoms with van der Waals surface area (Å²) in [6, 6.07) is 12.6. The molecule has 3 rings (SSSR count). The van der Waals surface area contributed by atoms with E-state index in [4.69, 9.17) is 11.6 Å². The molecule has 2 aromatic carbocycles. The van der Waals surface area contributed by atoms with Gasteiger partial charge in [0.05, 0.1) is 12.1 Å². The topological polar surface area (TPSA) is 49.3 Å². The first-order valence-corrected chi connectivity index (χ1v) is 7.27. The summed E-state index contributed by atoms with van der Waals surface area (Å²) in [4.78, 5) is 12.4. The molecular formula is C17H16ClNO2. The van der Waals surface area contributed by atoms with E-state index in [-0.39, 0.29) is 11.9 Å². The molecule has 0 saturated heterocycles. The number of aryl methyl sites for hydroxylation is 1. The van der Waals surface area contributed by atoms with Crippen LogP contribution in [0.25, 0.3) is 0 Å². The van der Waals surface area contributed by atoms with E-state index in [1.54, 1.807) is 12.1 Å². The average molecular weight is 302 g/mol. The van der Waals surface area contributed by atoms with Crippen molar-refractivity contribution >= 4 is 17.5 Å². The fraction of sp³-hybridized carbons (Fsp3) is 0.235. The van der Waals surface area contributed by atoms with Crippen molar-refractivity contribution in [2.75, 3.05) is 0 Å². The molecule has 1 amide bonds. The molecule has 0 fully saturated rings. The summed E-state index contributed by atoms with van der Waals surface area (Å²) >= 11 is 5.96. The second-order valence-electron chi connectivity index (χ2n) is 5.38. The summed E-state index contributed by atoms with van der Waals surface area (Å²) in [7, 11) is 0. The first-order valence-electron chi connectivity index (χ1n) is 6.89. The molecule has 0 bridgehead atoms. The average Bonchev–Trinajstić information content (AvgIpc) is 2.78. The van der Waals surface area contributed by atoms with Crippen molar-refractivity contribution in [1.82, 2.24) is 5.32 Å². The normalized spacial score (nSPS) is 20.1. The van der Waals surface area contributed by atoms with E-state index in [0.717, 1.165) is 16.7 Å². The smallest absolute Gasteiger partial charge is 0.252 e. The molecule has 21 heavy (non-hydrogen) atoms. The third-order valence-corrected chi connectivity index (χ3v) is 4.17. The van der Waals surface area contributed by atoms with E-state index in [1.165, 1.54) is 0 Å². The fourth-order valence-corrected chi connectivity index (χ4v) is 2.98. The molecular weight excluding hydrogens is 286 g/mol. The SMILES string of the molecule is Cc1ccc(Cl)cc1C(=O)N[C@@H]1c2ccccc2C[C@@H]1O. The van der Waals surface area contributed by atoms with E-state index < -0.39 is 6.10 Å². The highest BCUT2D eigenvalue weighted by Gasteiger charge is 2.32. The molecule has 0 unspecified atom stereocenters. The minimum Gasteiger partial charge on any atom is -0.390 e. The monoisotopic (exact) mass is 301 g/mol. The van der Waals surface area contributed by atoms with Gasteiger partial charge in [-0.1, -0.05) is 41.9 Å². The lowest BCUT2D eigenvalue weighted by atomic mass is 10.1. The summed E-state index contributed by atoms with van der Waals surface area (Å²) < 4.78 is 0. The van der Waals surface area contributed by atoms with Crippen LogP contribution in [-0.4, -0.2) is 17.1 Å². The van der Waals surface area contributed by atoms with Crippen LogP contribution in [0.5, 0.6) is 0 Å². The first kappa shape index (κ1) is 14.1. The molecule has 108 valence electrons. The number of hydrogen-bond donors (Lipinski definition) is 2. The summed E-state index contributed by atoms with van der Waals surface area (Å²) in [5, 5.41) is 13.6. The Morgan fingerprint density at radius 3 is 2.86 bits per heavy atom. The molecule has 0 aromatic heterocycles. The van der Waals surface area contributed by atoms with E-state index in [9.17, 15) is 9.90 Å². The molecule has 2 atom stereocenters. The summed E-state index contributed by atoms with van der Waals surface area (Å²) in [5.41, 5.74) is 3.47. The molecule has 0 spiro atoms. The van der Waals surface area contributed by atoms with Gasteiger partial charge in [0.1, 0.15) is 0 Å². The van der Waals surface area contributed by atoms with Crippen molar-refractivity contribution in [1.29, 1.82) is 0 Å². The van der Waals surface area contributed by atoms with Gasteiger partial charge in [-0.2, -0.15) is 0 Å². The number of halogens is 1. The Morgan fingerprint density at radius 1 is 1.29 bits per heavy atom. The highest BCUT2D eigenvalue weighted by molar-refractivity contribution is 6.31. The lowest BCUT2D eigenvalue weighted by molar-refractivity contribution is 0.0857. The Morgan fingerprint density at radius 2 is 2.05 bits per heavy atom. The van der Waals surface area contributed by atoms with Gasteiger partial charge in [-0.25, -0.2) is 0 Å². The maximum absolute atomic E-state index is 12.4. The Bertz CT molecular complexity index is 699. The van der Waals surface area contributed by atoms with Gasteiger partial charge in [-0.3, -0.25) is 4.79 Å². The van der Waals surface area contributed by atoms with E-state index in [2.05, 4.69) is 5.32 Å². The molecule has 0 radical (unpaired) electrons. The number of hydrogen-bond acceptors (Lipinski definition) is 2. The van der Waals surface area contributed by atoms with Crippen LogP contribution >= 0.6 is 11.6 Å². The van der Waals surface area contributed by atoms with Crippen molar-refractivity contribution in [3.8, 4) is 0 Å². The molecule has 0 heterocycles. The predicted octanol–water partition coefficient (Wildman–Crippen LogP) is 3.04. The quantitative estimate of drug-likeness (QED) is 0.896. The van der Waals surface area contributed by atoms with Gasteiger partial charge in [-0.05, 0) is 35.7 Å². The van der Waals surface area contributed by atoms with Crippen molar-refractivity contribution < 1.29 is 9.90 Å². The number of nitrogens with one attached hydrogen (secondary N) is 1. The van der Waals surface area contributed by atoms with Crippen molar-refractivity contribution in [2.24, 2.45) is 0 Å². The van der Waals surface area contributed by atoms with Gasteiger partial charge < -0.3 is 10.4 Å². The standard InChI is InChI=1S/C17H16ClNO2/c1-10-6-7-12(18)9-14(10)17(21)19-16-13-5-3-2-4-11(13)8-15(16)20/h2-7,9,15-16,20H,8H2,1H3,(H,19,21)/t15-,16+/m0/s1. The van der Waals surface area contributed by atoms with E-state index in [1.807, 2.05) is 37.3 Å². The largest absolute Gasteiger partial charge is 0.390 e. The zero-order valence-electron chi connectivity index (χ0n) is 11.6. The van der Waals surface area contributed by atoms with Gasteiger partial charge in [0.2, 0.25) is 0 Å². The highest BCUT2D eigenvalue weighted by Crippen LogP contribution is 2.31. The van der Waals surface area contributed by atoms with Gasteiger partial charge in [0.15, 0.2) is 0 Å². The molecule has 0 saturated carbocycles. The fourth-order valence-electron chi connectivity index (χ4n) is 2.81. The van der Waals surface area contributed by atoms with Crippen molar-refractivity contribution in [3.05, 3.63) is 69.7 Å². The number of fused-ring (bicyclic) bond motifs is 1. The number of aliphatic hydroxyl groups is 1. The Hall–Kier alpha value is -1.84. The van der Waals surface area contributed by atoms with Crippen LogP contribution in [-0.2, 0) is 6.42 Å². The summed E-state index contributed by atoms with van der Waals surface area (Å²) in [6.07, 6.45) is -0.0267. The molecule has 4 heteroatoms. The highest BCUT2D eigenvalue weighted by atomic mass is 35.5. The van der Waals surface area contributed by atoms with Crippen LogP contribution < -0.4 is 5.32 Å². The number of aliphatic hydroxyl groups excluding tert-OH is 1. The minimum absolute atomic E-state index is 0.212. The second-order valence-corrected chi connectivity index (χ2v) is 5.82. The van der Waals surface area contributed by atoms with Crippen molar-refractivity contribution in [3.63, 3.8) is 0 Å². The third-order valence-electron chi connectivity index (χ3n) is 3.93. The van der Waals surface area contributed by atoms with Crippen LogP contribution in [0.3, 0.4) is 0 Å². The molecule has 3 nitrogen and oxygen atoms in total. The van der Waals surface area contributed by atoms with Crippen LogP contribution in [0, 0.1) is 6.92 Å². The number of amides is 1. The second kappa shape index (κ2) is 5.51. The maximum Gasteiger partial charge on any atom is 0.252 e. The molecule has 1 aliphatic carbocycles.